The van der Waals surface area contributed by atoms with E-state index in [2.05, 4.69) is 45.7 Å². The number of rotatable bonds is 8. The molecule has 1 aliphatic rings. The molecule has 0 saturated carbocycles. The van der Waals surface area contributed by atoms with E-state index in [4.69, 9.17) is 5.11 Å². The van der Waals surface area contributed by atoms with Crippen LogP contribution in [0.4, 0.5) is 4.79 Å². The normalized spacial score (nSPS) is 14.5. The monoisotopic (exact) mass is 451 g/mol. The average molecular weight is 452 g/mol. The van der Waals surface area contributed by atoms with E-state index in [0.29, 0.717) is 25.2 Å². The van der Waals surface area contributed by atoms with Crippen molar-refractivity contribution in [3.63, 3.8) is 0 Å². The van der Waals surface area contributed by atoms with E-state index in [1.807, 2.05) is 44.2 Å². The molecule has 0 bridgehead atoms. The lowest BCUT2D eigenvalue weighted by Gasteiger charge is -2.20. The van der Waals surface area contributed by atoms with Crippen molar-refractivity contribution in [2.45, 2.75) is 33.4 Å². The Bertz CT molecular complexity index is 908. The molecule has 0 spiro atoms. The van der Waals surface area contributed by atoms with E-state index >= 15 is 0 Å². The van der Waals surface area contributed by atoms with Crippen molar-refractivity contribution < 1.29 is 9.90 Å². The van der Waals surface area contributed by atoms with Crippen molar-refractivity contribution in [3.05, 3.63) is 59.2 Å². The number of nitrogens with zero attached hydrogens (tertiary/aromatic N) is 3. The molecular formula is C26H37N5O2. The van der Waals surface area contributed by atoms with E-state index in [-0.39, 0.29) is 0 Å². The SMILES string of the molecule is CC.CN1CCCN(Cc2ccc(-c3ccc(CNCCNC(=O)O)cc3)c(C#N)c2)CC1. The number of benzene rings is 2. The Morgan fingerprint density at radius 2 is 1.76 bits per heavy atom. The van der Waals surface area contributed by atoms with Gasteiger partial charge in [0.2, 0.25) is 0 Å². The predicted molar refractivity (Wildman–Crippen MR) is 133 cm³/mol. The van der Waals surface area contributed by atoms with Gasteiger partial charge >= 0.3 is 6.09 Å². The van der Waals surface area contributed by atoms with Crippen LogP contribution >= 0.6 is 0 Å². The highest BCUT2D eigenvalue weighted by molar-refractivity contribution is 5.71. The maximum absolute atomic E-state index is 10.4. The minimum absolute atomic E-state index is 0.374. The van der Waals surface area contributed by atoms with Gasteiger partial charge in [-0.15, -0.1) is 0 Å². The highest BCUT2D eigenvalue weighted by Gasteiger charge is 2.13. The van der Waals surface area contributed by atoms with Crippen LogP contribution in [0.3, 0.4) is 0 Å². The summed E-state index contributed by atoms with van der Waals surface area (Å²) in [6, 6.07) is 16.7. The number of carboxylic acid groups (broad SMARTS) is 1. The molecule has 1 heterocycles. The molecule has 1 aliphatic heterocycles. The first kappa shape index (κ1) is 26.3. The van der Waals surface area contributed by atoms with Crippen molar-refractivity contribution in [2.75, 3.05) is 46.3 Å². The van der Waals surface area contributed by atoms with Crippen LogP contribution in [-0.2, 0) is 13.1 Å². The first-order valence-corrected chi connectivity index (χ1v) is 11.8. The van der Waals surface area contributed by atoms with Crippen LogP contribution in [-0.4, -0.2) is 67.3 Å². The summed E-state index contributed by atoms with van der Waals surface area (Å²) in [5.74, 6) is 0. The first-order valence-electron chi connectivity index (χ1n) is 11.8. The summed E-state index contributed by atoms with van der Waals surface area (Å²) in [7, 11) is 2.17. The van der Waals surface area contributed by atoms with Gasteiger partial charge in [-0.25, -0.2) is 4.79 Å². The number of amides is 1. The van der Waals surface area contributed by atoms with Gasteiger partial charge in [0.25, 0.3) is 0 Å². The Labute approximate surface area is 198 Å². The topological polar surface area (TPSA) is 91.6 Å². The van der Waals surface area contributed by atoms with Crippen LogP contribution in [0.5, 0.6) is 0 Å². The molecular weight excluding hydrogens is 414 g/mol. The van der Waals surface area contributed by atoms with Crippen LogP contribution in [0.1, 0.15) is 37.0 Å². The standard InChI is InChI=1S/C24H31N5O2.C2H6/c1-28-11-2-12-29(14-13-28)18-20-5-8-23(22(15-20)16-25)21-6-3-19(4-7-21)17-26-9-10-27-24(30)31;1-2/h3-8,15,26-27H,2,9-14,17-18H2,1H3,(H,30,31);1-2H3. The molecule has 7 nitrogen and oxygen atoms in total. The number of nitriles is 1. The number of likely N-dealkylation sites (N-methyl/N-ethyl adjacent to an activating group) is 1. The fourth-order valence-electron chi connectivity index (χ4n) is 3.84. The highest BCUT2D eigenvalue weighted by atomic mass is 16.4. The molecule has 1 saturated heterocycles. The van der Waals surface area contributed by atoms with Crippen LogP contribution in [0.15, 0.2) is 42.5 Å². The molecule has 0 aromatic heterocycles. The largest absolute Gasteiger partial charge is 0.465 e. The second-order valence-electron chi connectivity index (χ2n) is 8.03. The minimum atomic E-state index is -1.01. The zero-order valence-electron chi connectivity index (χ0n) is 20.1. The number of hydrogen-bond donors (Lipinski definition) is 3. The lowest BCUT2D eigenvalue weighted by Crippen LogP contribution is -2.30. The summed E-state index contributed by atoms with van der Waals surface area (Å²) in [5, 5.41) is 23.8. The fraction of sp³-hybridized carbons (Fsp3) is 0.462. The van der Waals surface area contributed by atoms with Crippen molar-refractivity contribution in [2.24, 2.45) is 0 Å². The Morgan fingerprint density at radius 1 is 1.03 bits per heavy atom. The van der Waals surface area contributed by atoms with Gasteiger partial charge in [-0.05, 0) is 54.9 Å². The first-order chi connectivity index (χ1) is 16.0. The van der Waals surface area contributed by atoms with Crippen molar-refractivity contribution >= 4 is 6.09 Å². The van der Waals surface area contributed by atoms with Gasteiger partial charge in [-0.1, -0.05) is 50.2 Å². The second kappa shape index (κ2) is 14.3. The third kappa shape index (κ3) is 8.85. The third-order valence-corrected chi connectivity index (χ3v) is 5.59. The number of carbonyl (C=O) groups is 1. The Balaban J connectivity index is 0.00000187. The lowest BCUT2D eigenvalue weighted by atomic mass is 9.97. The summed E-state index contributed by atoms with van der Waals surface area (Å²) in [6.45, 7) is 10.9. The minimum Gasteiger partial charge on any atom is -0.465 e. The molecule has 0 radical (unpaired) electrons. The quantitative estimate of drug-likeness (QED) is 0.530. The van der Waals surface area contributed by atoms with Gasteiger partial charge in [0.1, 0.15) is 0 Å². The van der Waals surface area contributed by atoms with Gasteiger partial charge in [0.05, 0.1) is 11.6 Å². The zero-order valence-corrected chi connectivity index (χ0v) is 20.1. The predicted octanol–water partition coefficient (Wildman–Crippen LogP) is 3.75. The van der Waals surface area contributed by atoms with Gasteiger partial charge in [-0.2, -0.15) is 5.26 Å². The molecule has 1 fully saturated rings. The van der Waals surface area contributed by atoms with E-state index in [9.17, 15) is 10.1 Å². The summed E-state index contributed by atoms with van der Waals surface area (Å²) < 4.78 is 0. The summed E-state index contributed by atoms with van der Waals surface area (Å²) >= 11 is 0. The average Bonchev–Trinajstić information content (AvgIpc) is 3.04. The van der Waals surface area contributed by atoms with Crippen LogP contribution in [0, 0.1) is 11.3 Å². The van der Waals surface area contributed by atoms with Gasteiger partial charge in [0.15, 0.2) is 0 Å². The zero-order chi connectivity index (χ0) is 24.1. The Morgan fingerprint density at radius 3 is 2.45 bits per heavy atom. The molecule has 3 rings (SSSR count). The maximum Gasteiger partial charge on any atom is 0.404 e. The van der Waals surface area contributed by atoms with Crippen molar-refractivity contribution in [3.8, 4) is 17.2 Å². The van der Waals surface area contributed by atoms with E-state index < -0.39 is 6.09 Å². The van der Waals surface area contributed by atoms with E-state index in [1.54, 1.807) is 0 Å². The van der Waals surface area contributed by atoms with Crippen molar-refractivity contribution in [1.82, 2.24) is 20.4 Å². The van der Waals surface area contributed by atoms with E-state index in [1.165, 1.54) is 12.0 Å². The molecule has 7 heteroatoms. The smallest absolute Gasteiger partial charge is 0.404 e. The van der Waals surface area contributed by atoms with Crippen LogP contribution < -0.4 is 10.6 Å². The van der Waals surface area contributed by atoms with Gasteiger partial charge < -0.3 is 20.6 Å². The fourth-order valence-corrected chi connectivity index (χ4v) is 3.84. The van der Waals surface area contributed by atoms with Gasteiger partial charge in [0, 0.05) is 39.3 Å². The molecule has 3 N–H and O–H groups in total. The maximum atomic E-state index is 10.4. The van der Waals surface area contributed by atoms with Gasteiger partial charge in [-0.3, -0.25) is 4.90 Å². The molecule has 0 unspecified atom stereocenters. The summed E-state index contributed by atoms with van der Waals surface area (Å²) in [4.78, 5) is 15.3. The molecule has 0 atom stereocenters. The number of hydrogen-bond acceptors (Lipinski definition) is 5. The summed E-state index contributed by atoms with van der Waals surface area (Å²) in [6.07, 6.45) is 0.168. The molecule has 2 aromatic rings. The lowest BCUT2D eigenvalue weighted by molar-refractivity contribution is 0.194. The Kier molecular flexibility index (Phi) is 11.4. The molecule has 2 aromatic carbocycles. The summed E-state index contributed by atoms with van der Waals surface area (Å²) in [5.41, 5.74) is 4.97. The molecule has 1 amide bonds. The van der Waals surface area contributed by atoms with E-state index in [0.717, 1.165) is 49.4 Å². The van der Waals surface area contributed by atoms with Crippen LogP contribution in [0.25, 0.3) is 11.1 Å². The molecule has 178 valence electrons. The third-order valence-electron chi connectivity index (χ3n) is 5.59. The second-order valence-corrected chi connectivity index (χ2v) is 8.03. The highest BCUT2D eigenvalue weighted by Crippen LogP contribution is 2.25. The van der Waals surface area contributed by atoms with Crippen molar-refractivity contribution in [1.29, 1.82) is 5.26 Å². The Hall–Kier alpha value is -2.92. The molecule has 33 heavy (non-hydrogen) atoms. The number of nitrogens with one attached hydrogen (secondary N) is 2. The molecule has 0 aliphatic carbocycles. The van der Waals surface area contributed by atoms with Crippen LogP contribution in [0.2, 0.25) is 0 Å².